The van der Waals surface area contributed by atoms with Gasteiger partial charge in [0.15, 0.2) is 18.1 Å². The standard InChI is InChI=1S/C10H26OSi2/c1-9(2,3)13(10(4,5)6)11-12(7)8/h12-13H,1-8H3. The van der Waals surface area contributed by atoms with Gasteiger partial charge >= 0.3 is 0 Å². The van der Waals surface area contributed by atoms with Crippen LogP contribution in [0.4, 0.5) is 0 Å². The van der Waals surface area contributed by atoms with E-state index in [1.54, 1.807) is 0 Å². The van der Waals surface area contributed by atoms with Crippen LogP contribution >= 0.6 is 0 Å². The zero-order chi connectivity index (χ0) is 10.9. The van der Waals surface area contributed by atoms with Crippen molar-refractivity contribution in [3.63, 3.8) is 0 Å². The molecule has 0 rings (SSSR count). The maximum Gasteiger partial charge on any atom is 0.173 e. The van der Waals surface area contributed by atoms with Crippen molar-refractivity contribution in [3.8, 4) is 0 Å². The van der Waals surface area contributed by atoms with Crippen molar-refractivity contribution < 1.29 is 4.12 Å². The maximum atomic E-state index is 6.26. The Labute approximate surface area is 87.3 Å². The Hall–Kier alpha value is 0.394. The van der Waals surface area contributed by atoms with Crippen molar-refractivity contribution in [1.29, 1.82) is 0 Å². The van der Waals surface area contributed by atoms with Crippen molar-refractivity contribution in [3.05, 3.63) is 0 Å². The Morgan fingerprint density at radius 3 is 1.15 bits per heavy atom. The highest BCUT2D eigenvalue weighted by molar-refractivity contribution is 6.68. The van der Waals surface area contributed by atoms with Crippen LogP contribution < -0.4 is 0 Å². The molecule has 0 atom stereocenters. The van der Waals surface area contributed by atoms with E-state index >= 15 is 0 Å². The van der Waals surface area contributed by atoms with E-state index in [1.807, 2.05) is 0 Å². The van der Waals surface area contributed by atoms with Crippen molar-refractivity contribution >= 4 is 18.1 Å². The minimum atomic E-state index is -1.11. The second-order valence-electron chi connectivity index (χ2n) is 6.30. The molecule has 0 amide bonds. The summed E-state index contributed by atoms with van der Waals surface area (Å²) >= 11 is 0. The molecule has 0 bridgehead atoms. The molecule has 80 valence electrons. The Balaban J connectivity index is 4.58. The third kappa shape index (κ3) is 4.98. The quantitative estimate of drug-likeness (QED) is 0.646. The maximum absolute atomic E-state index is 6.26. The van der Waals surface area contributed by atoms with Crippen LogP contribution in [0, 0.1) is 0 Å². The van der Waals surface area contributed by atoms with Crippen LogP contribution in [0.3, 0.4) is 0 Å². The van der Waals surface area contributed by atoms with E-state index < -0.39 is 18.1 Å². The van der Waals surface area contributed by atoms with Crippen LogP contribution in [0.1, 0.15) is 41.5 Å². The van der Waals surface area contributed by atoms with E-state index in [4.69, 9.17) is 4.12 Å². The van der Waals surface area contributed by atoms with Crippen LogP contribution in [-0.4, -0.2) is 18.1 Å². The summed E-state index contributed by atoms with van der Waals surface area (Å²) in [5.74, 6) is 0. The molecule has 0 aliphatic carbocycles. The van der Waals surface area contributed by atoms with Gasteiger partial charge in [-0.25, -0.2) is 0 Å². The molecule has 3 heteroatoms. The molecule has 0 fully saturated rings. The molecule has 0 saturated heterocycles. The average molecular weight is 218 g/mol. The third-order valence-electron chi connectivity index (χ3n) is 1.98. The van der Waals surface area contributed by atoms with Crippen LogP contribution in [0.2, 0.25) is 23.2 Å². The highest BCUT2D eigenvalue weighted by atomic mass is 28.4. The fourth-order valence-corrected chi connectivity index (χ4v) is 10.0. The Kier molecular flexibility index (Phi) is 4.41. The van der Waals surface area contributed by atoms with Crippen molar-refractivity contribution in [2.24, 2.45) is 0 Å². The summed E-state index contributed by atoms with van der Waals surface area (Å²) in [6.07, 6.45) is 0. The highest BCUT2D eigenvalue weighted by Gasteiger charge is 2.38. The third-order valence-corrected chi connectivity index (χ3v) is 8.39. The van der Waals surface area contributed by atoms with Gasteiger partial charge in [0, 0.05) is 0 Å². The first-order valence-corrected chi connectivity index (χ1v) is 9.61. The van der Waals surface area contributed by atoms with Gasteiger partial charge in [-0.05, 0) is 23.2 Å². The molecule has 0 aliphatic heterocycles. The molecule has 0 aromatic carbocycles. The van der Waals surface area contributed by atoms with Gasteiger partial charge in [-0.2, -0.15) is 0 Å². The molecule has 0 saturated carbocycles. The minimum Gasteiger partial charge on any atom is -0.459 e. The van der Waals surface area contributed by atoms with E-state index in [1.165, 1.54) is 0 Å². The van der Waals surface area contributed by atoms with Crippen LogP contribution in [0.25, 0.3) is 0 Å². The van der Waals surface area contributed by atoms with Crippen molar-refractivity contribution in [2.75, 3.05) is 0 Å². The van der Waals surface area contributed by atoms with E-state index in [-0.39, 0.29) is 0 Å². The lowest BCUT2D eigenvalue weighted by atomic mass is 10.2. The van der Waals surface area contributed by atoms with Gasteiger partial charge in [0.05, 0.1) is 0 Å². The molecule has 0 N–H and O–H groups in total. The lowest BCUT2D eigenvalue weighted by Crippen LogP contribution is -2.41. The Morgan fingerprint density at radius 2 is 1.08 bits per heavy atom. The minimum absolute atomic E-state index is 0.384. The molecule has 0 radical (unpaired) electrons. The summed E-state index contributed by atoms with van der Waals surface area (Å²) in [7, 11) is -1.97. The molecule has 0 aliphatic rings. The molecule has 0 heterocycles. The van der Waals surface area contributed by atoms with E-state index in [0.717, 1.165) is 0 Å². The largest absolute Gasteiger partial charge is 0.459 e. The lowest BCUT2D eigenvalue weighted by molar-refractivity contribution is 0.472. The molecule has 0 aromatic rings. The second kappa shape index (κ2) is 4.28. The summed E-state index contributed by atoms with van der Waals surface area (Å²) in [4.78, 5) is 0. The molecule has 0 spiro atoms. The van der Waals surface area contributed by atoms with Crippen LogP contribution in [-0.2, 0) is 4.12 Å². The predicted molar refractivity (Wildman–Crippen MR) is 66.5 cm³/mol. The fourth-order valence-electron chi connectivity index (χ4n) is 1.98. The number of rotatable bonds is 2. The predicted octanol–water partition coefficient (Wildman–Crippen LogP) is 3.31. The van der Waals surface area contributed by atoms with Gasteiger partial charge in [-0.3, -0.25) is 0 Å². The summed E-state index contributed by atoms with van der Waals surface area (Å²) in [6.45, 7) is 18.5. The lowest BCUT2D eigenvalue weighted by Gasteiger charge is -2.40. The molecule has 0 aromatic heterocycles. The highest BCUT2D eigenvalue weighted by Crippen LogP contribution is 2.42. The van der Waals surface area contributed by atoms with Crippen LogP contribution in [0.15, 0.2) is 0 Å². The molecular formula is C10H26OSi2. The zero-order valence-corrected chi connectivity index (χ0v) is 12.9. The topological polar surface area (TPSA) is 9.23 Å². The monoisotopic (exact) mass is 218 g/mol. The van der Waals surface area contributed by atoms with Gasteiger partial charge in [0.25, 0.3) is 0 Å². The van der Waals surface area contributed by atoms with Crippen molar-refractivity contribution in [1.82, 2.24) is 0 Å². The summed E-state index contributed by atoms with van der Waals surface area (Å²) in [6, 6.07) is 0. The number of hydrogen-bond acceptors (Lipinski definition) is 1. The van der Waals surface area contributed by atoms with E-state index in [2.05, 4.69) is 54.6 Å². The van der Waals surface area contributed by atoms with E-state index in [0.29, 0.717) is 10.1 Å². The van der Waals surface area contributed by atoms with Crippen molar-refractivity contribution in [2.45, 2.75) is 64.7 Å². The first-order valence-electron chi connectivity index (χ1n) is 5.20. The molecular weight excluding hydrogens is 192 g/mol. The molecule has 1 nitrogen and oxygen atoms in total. The van der Waals surface area contributed by atoms with Gasteiger partial charge in [-0.1, -0.05) is 41.5 Å². The molecule has 0 unspecified atom stereocenters. The van der Waals surface area contributed by atoms with Gasteiger partial charge in [0.2, 0.25) is 0 Å². The van der Waals surface area contributed by atoms with Gasteiger partial charge in [0.1, 0.15) is 0 Å². The summed E-state index contributed by atoms with van der Waals surface area (Å²) in [5, 5.41) is 0.769. The van der Waals surface area contributed by atoms with E-state index in [9.17, 15) is 0 Å². The summed E-state index contributed by atoms with van der Waals surface area (Å²) in [5.41, 5.74) is 0. The Morgan fingerprint density at radius 1 is 0.769 bits per heavy atom. The van der Waals surface area contributed by atoms with Gasteiger partial charge < -0.3 is 4.12 Å². The molecule has 13 heavy (non-hydrogen) atoms. The fraction of sp³-hybridized carbons (Fsp3) is 1.00. The second-order valence-corrected chi connectivity index (χ2v) is 13.7. The first-order chi connectivity index (χ1) is 5.55. The average Bonchev–Trinajstić information content (AvgIpc) is 1.77. The smallest absolute Gasteiger partial charge is 0.173 e. The number of hydrogen-bond donors (Lipinski definition) is 0. The summed E-state index contributed by atoms with van der Waals surface area (Å²) < 4.78 is 6.26. The Bertz CT molecular complexity index is 139. The normalized spacial score (nSPS) is 14.3. The van der Waals surface area contributed by atoms with Crippen LogP contribution in [0.5, 0.6) is 0 Å². The zero-order valence-electron chi connectivity index (χ0n) is 10.6. The van der Waals surface area contributed by atoms with Gasteiger partial charge in [-0.15, -0.1) is 0 Å². The SMILES string of the molecule is C[SiH](C)O[SiH](C(C)(C)C)C(C)(C)C. The first kappa shape index (κ1) is 13.4.